The molecule has 0 aromatic rings. The number of ether oxygens (including phenoxy) is 6. The highest BCUT2D eigenvalue weighted by Gasteiger charge is 2.72. The molecule has 3 saturated carbocycles. The van der Waals surface area contributed by atoms with Gasteiger partial charge in [0.25, 0.3) is 0 Å². The average Bonchev–Trinajstić information content (AvgIpc) is 3.54. The van der Waals surface area contributed by atoms with Gasteiger partial charge < -0.3 is 89.7 Å². The van der Waals surface area contributed by atoms with Gasteiger partial charge in [-0.15, -0.1) is 0 Å². The van der Waals surface area contributed by atoms with Crippen molar-refractivity contribution in [3.8, 4) is 0 Å². The molecule has 3 unspecified atom stereocenters. The summed E-state index contributed by atoms with van der Waals surface area (Å²) in [6, 6.07) is 0. The van der Waals surface area contributed by atoms with Crippen molar-refractivity contribution >= 4 is 5.78 Å². The van der Waals surface area contributed by atoms with E-state index in [0.29, 0.717) is 32.1 Å². The van der Waals surface area contributed by atoms with Crippen LogP contribution in [0.25, 0.3) is 0 Å². The first-order chi connectivity index (χ1) is 31.6. The van der Waals surface area contributed by atoms with Gasteiger partial charge in [0, 0.05) is 22.7 Å². The maximum absolute atomic E-state index is 14.9. The summed E-state index contributed by atoms with van der Waals surface area (Å²) in [5, 5.41) is 129. The molecule has 12 N–H and O–H groups in total. The van der Waals surface area contributed by atoms with Gasteiger partial charge in [0.15, 0.2) is 24.7 Å². The number of aliphatic hydroxyl groups excluding tert-OH is 11. The van der Waals surface area contributed by atoms with Crippen LogP contribution in [0.3, 0.4) is 0 Å². The predicted octanol–water partition coefficient (Wildman–Crippen LogP) is -0.602. The summed E-state index contributed by atoms with van der Waals surface area (Å²) >= 11 is 0. The molecule has 7 aliphatic rings. The van der Waals surface area contributed by atoms with E-state index in [9.17, 15) is 66.1 Å². The summed E-state index contributed by atoms with van der Waals surface area (Å²) in [5.74, 6) is -1.36. The Morgan fingerprint density at radius 1 is 0.721 bits per heavy atom. The number of ketones is 1. The van der Waals surface area contributed by atoms with Crippen LogP contribution >= 0.6 is 0 Å². The van der Waals surface area contributed by atoms with E-state index in [4.69, 9.17) is 28.4 Å². The second kappa shape index (κ2) is 19.8. The van der Waals surface area contributed by atoms with Gasteiger partial charge in [0.05, 0.1) is 49.8 Å². The van der Waals surface area contributed by atoms with Crippen molar-refractivity contribution in [3.63, 3.8) is 0 Å². The third kappa shape index (κ3) is 9.11. The van der Waals surface area contributed by atoms with E-state index < -0.39 is 163 Å². The highest BCUT2D eigenvalue weighted by Crippen LogP contribution is 2.74. The van der Waals surface area contributed by atoms with Gasteiger partial charge in [0.2, 0.25) is 0 Å². The molecule has 0 spiro atoms. The number of hydrogen-bond acceptors (Lipinski definition) is 19. The smallest absolute Gasteiger partial charge is 0.187 e. The fraction of sp³-hybridized carbons (Fsp3) is 0.939. The molecular weight excluding hydrogens is 893 g/mol. The molecule has 3 saturated heterocycles. The zero-order chi connectivity index (χ0) is 50.4. The first-order valence-corrected chi connectivity index (χ1v) is 24.8. The lowest BCUT2D eigenvalue weighted by Crippen LogP contribution is -2.67. The van der Waals surface area contributed by atoms with Gasteiger partial charge in [-0.1, -0.05) is 54.0 Å². The van der Waals surface area contributed by atoms with Gasteiger partial charge in [-0.2, -0.15) is 0 Å². The molecule has 7 rings (SSSR count). The zero-order valence-electron chi connectivity index (χ0n) is 41.1. The standard InChI is InChI=1S/C49H82O19/c1-21(10-12-32(46(5,6)62)68-44-40(61)38(59)36(57)29(66-44)20-63-42-34(55)22(2)33(54)27(18-50)64-42)23-14-15-47(7)41-26(52)16-25-24(49(41,9)30(53)17-48(23,47)8)11-13-31(45(25,3)4)67-43-39(60)37(58)35(56)28(19-51)65-43/h16,21-24,27-44,50-51,53-62H,10-15,17-20H2,1-9H3/t21-,22+,23?,24?,27-,28-,29-,30-,31+,32-,33+,34-,35-,36-,37+,38+,39-,40-,41?,42-,43+,44+,47+,48-,49-/m1/s1. The molecule has 0 bridgehead atoms. The fourth-order valence-corrected chi connectivity index (χ4v) is 14.2. The lowest BCUT2D eigenvalue weighted by Gasteiger charge is -2.66. The van der Waals surface area contributed by atoms with Crippen LogP contribution in [-0.4, -0.2) is 197 Å². The normalized spacial score (nSPS) is 50.4. The van der Waals surface area contributed by atoms with Crippen LogP contribution < -0.4 is 0 Å². The van der Waals surface area contributed by atoms with Gasteiger partial charge in [0.1, 0.15) is 61.0 Å². The molecule has 3 heterocycles. The third-order valence-corrected chi connectivity index (χ3v) is 18.8. The van der Waals surface area contributed by atoms with Gasteiger partial charge in [-0.05, 0) is 93.5 Å². The highest BCUT2D eigenvalue weighted by molar-refractivity contribution is 5.95. The summed E-state index contributed by atoms with van der Waals surface area (Å²) in [7, 11) is 0. The molecule has 0 amide bonds. The Hall–Kier alpha value is -1.31. The molecule has 6 fully saturated rings. The van der Waals surface area contributed by atoms with Crippen LogP contribution in [-0.2, 0) is 33.2 Å². The lowest BCUT2D eigenvalue weighted by molar-refractivity contribution is -0.338. The Bertz CT molecular complexity index is 1790. The summed E-state index contributed by atoms with van der Waals surface area (Å²) in [6.07, 6.45) is -16.4. The summed E-state index contributed by atoms with van der Waals surface area (Å²) in [4.78, 5) is 14.9. The molecule has 19 heteroatoms. The Morgan fingerprint density at radius 2 is 1.29 bits per heavy atom. The van der Waals surface area contributed by atoms with E-state index in [1.807, 2.05) is 13.8 Å². The van der Waals surface area contributed by atoms with Gasteiger partial charge in [-0.25, -0.2) is 0 Å². The van der Waals surface area contributed by atoms with Crippen molar-refractivity contribution in [2.45, 2.75) is 217 Å². The number of aliphatic hydroxyl groups is 12. The number of carbonyl (C=O) groups is 1. The monoisotopic (exact) mass is 975 g/mol. The van der Waals surface area contributed by atoms with Crippen molar-refractivity contribution in [1.82, 2.24) is 0 Å². The van der Waals surface area contributed by atoms with Crippen molar-refractivity contribution in [2.24, 2.45) is 51.2 Å². The van der Waals surface area contributed by atoms with Crippen LogP contribution in [0, 0.1) is 51.2 Å². The molecule has 0 aromatic carbocycles. The molecule has 4 aliphatic carbocycles. The first kappa shape index (κ1) is 54.5. The van der Waals surface area contributed by atoms with E-state index >= 15 is 0 Å². The number of hydrogen-bond donors (Lipinski definition) is 12. The van der Waals surface area contributed by atoms with Crippen molar-refractivity contribution in [2.75, 3.05) is 19.8 Å². The Balaban J connectivity index is 1.03. The van der Waals surface area contributed by atoms with Crippen molar-refractivity contribution in [3.05, 3.63) is 11.6 Å². The van der Waals surface area contributed by atoms with E-state index in [0.717, 1.165) is 18.4 Å². The number of allylic oxidation sites excluding steroid dienone is 1. The Morgan fingerprint density at radius 3 is 1.91 bits per heavy atom. The maximum atomic E-state index is 14.9. The minimum atomic E-state index is -1.73. The number of carbonyl (C=O) groups excluding carboxylic acids is 1. The first-order valence-electron chi connectivity index (χ1n) is 24.8. The Labute approximate surface area is 399 Å². The maximum Gasteiger partial charge on any atom is 0.187 e. The topological polar surface area (TPSA) is 315 Å². The average molecular weight is 975 g/mol. The highest BCUT2D eigenvalue weighted by atomic mass is 16.7. The molecular formula is C49H82O19. The molecule has 25 atom stereocenters. The van der Waals surface area contributed by atoms with Crippen LogP contribution in [0.15, 0.2) is 11.6 Å². The zero-order valence-corrected chi connectivity index (χ0v) is 41.1. The van der Waals surface area contributed by atoms with Crippen LogP contribution in [0.4, 0.5) is 0 Å². The SMILES string of the molecule is C[C@@H]1[C@@H](O)[C@H](OC[C@H]2O[C@@H](O[C@H](CC[C@@H](C)C3CC[C@@]4(C)C5C(=O)C=C6C(CC[C@H](O[C@@H]7O[C@H](CO)[C@@H](O)[C@H](O)[C@H]7O)C6(C)C)[C@]5(C)[C@H](O)C[C@]34C)C(C)(C)O)[C@H](O)[C@@H](O)[C@@H]2O)O[C@H](CO)[C@H]1O. The summed E-state index contributed by atoms with van der Waals surface area (Å²) in [5.41, 5.74) is -3.15. The van der Waals surface area contributed by atoms with Gasteiger partial charge >= 0.3 is 0 Å². The summed E-state index contributed by atoms with van der Waals surface area (Å²) < 4.78 is 35.6. The largest absolute Gasteiger partial charge is 0.394 e. The molecule has 68 heavy (non-hydrogen) atoms. The fourth-order valence-electron chi connectivity index (χ4n) is 14.2. The van der Waals surface area contributed by atoms with Crippen LogP contribution in [0.1, 0.15) is 107 Å². The van der Waals surface area contributed by atoms with E-state index in [1.165, 1.54) is 0 Å². The predicted molar refractivity (Wildman–Crippen MR) is 239 cm³/mol. The summed E-state index contributed by atoms with van der Waals surface area (Å²) in [6.45, 7) is 15.7. The molecule has 0 aromatic heterocycles. The van der Waals surface area contributed by atoms with E-state index in [1.54, 1.807) is 26.8 Å². The molecule has 19 nitrogen and oxygen atoms in total. The third-order valence-electron chi connectivity index (χ3n) is 18.8. The second-order valence-electron chi connectivity index (χ2n) is 23.4. The van der Waals surface area contributed by atoms with E-state index in [2.05, 4.69) is 27.7 Å². The van der Waals surface area contributed by atoms with Crippen molar-refractivity contribution in [1.29, 1.82) is 0 Å². The van der Waals surface area contributed by atoms with E-state index in [-0.39, 0.29) is 23.5 Å². The van der Waals surface area contributed by atoms with Gasteiger partial charge in [-0.3, -0.25) is 4.79 Å². The number of fused-ring (bicyclic) bond motifs is 5. The molecule has 0 radical (unpaired) electrons. The quantitative estimate of drug-likeness (QED) is 0.103. The number of rotatable bonds is 14. The molecule has 392 valence electrons. The van der Waals surface area contributed by atoms with Crippen molar-refractivity contribution < 1.29 is 94.5 Å². The molecule has 3 aliphatic heterocycles. The Kier molecular flexibility index (Phi) is 15.9. The minimum Gasteiger partial charge on any atom is -0.394 e. The second-order valence-corrected chi connectivity index (χ2v) is 23.4. The minimum absolute atomic E-state index is 0.0157. The van der Waals surface area contributed by atoms with Crippen LogP contribution in [0.2, 0.25) is 0 Å². The van der Waals surface area contributed by atoms with Crippen LogP contribution in [0.5, 0.6) is 0 Å². The lowest BCUT2D eigenvalue weighted by atomic mass is 9.38.